The fourth-order valence-electron chi connectivity index (χ4n) is 2.98. The number of carbonyl (C=O) groups excluding carboxylic acids is 3. The first kappa shape index (κ1) is 34.7. The van der Waals surface area contributed by atoms with Crippen LogP contribution in [0.1, 0.15) is 71.3 Å². The number of alkyl carbamates (subject to hydrolysis) is 1. The van der Waals surface area contributed by atoms with Crippen LogP contribution in [0, 0.1) is 23.7 Å². The smallest absolute Gasteiger partial charge is 0.408 e. The highest BCUT2D eigenvalue weighted by atomic mass is 28.4. The van der Waals surface area contributed by atoms with Crippen LogP contribution in [0.25, 0.3) is 0 Å². The number of esters is 1. The van der Waals surface area contributed by atoms with Gasteiger partial charge >= 0.3 is 12.1 Å². The van der Waals surface area contributed by atoms with Crippen molar-refractivity contribution in [3.8, 4) is 23.7 Å². The lowest BCUT2D eigenvalue weighted by atomic mass is 9.94. The van der Waals surface area contributed by atoms with E-state index in [4.69, 9.17) is 13.9 Å². The number of aliphatic hydroxyl groups excluding tert-OH is 1. The first-order valence-corrected chi connectivity index (χ1v) is 15.9. The number of ether oxygens (including phenoxy) is 2. The van der Waals surface area contributed by atoms with Gasteiger partial charge in [0.25, 0.3) is 5.91 Å². The van der Waals surface area contributed by atoms with Crippen LogP contribution in [-0.2, 0) is 18.7 Å². The van der Waals surface area contributed by atoms with Crippen molar-refractivity contribution in [1.82, 2.24) is 10.6 Å². The Morgan fingerprint density at radius 1 is 0.975 bits per heavy atom. The van der Waals surface area contributed by atoms with Crippen LogP contribution in [0.2, 0.25) is 18.1 Å². The second-order valence-electron chi connectivity index (χ2n) is 12.5. The van der Waals surface area contributed by atoms with Gasteiger partial charge in [0.05, 0.1) is 19.3 Å². The van der Waals surface area contributed by atoms with E-state index in [2.05, 4.69) is 68.2 Å². The number of nitrogens with one attached hydrogen (secondary N) is 2. The first-order valence-electron chi connectivity index (χ1n) is 13.0. The molecule has 1 rings (SSSR count). The molecule has 2 amide bonds. The van der Waals surface area contributed by atoms with Crippen molar-refractivity contribution in [3.05, 3.63) is 35.4 Å². The average Bonchev–Trinajstić information content (AvgIpc) is 2.81. The van der Waals surface area contributed by atoms with Crippen LogP contribution in [0.3, 0.4) is 0 Å². The molecule has 2 atom stereocenters. The molecule has 9 nitrogen and oxygen atoms in total. The molecule has 1 aromatic carbocycles. The molecule has 40 heavy (non-hydrogen) atoms. The molecule has 0 aliphatic heterocycles. The Hall–Kier alpha value is -3.31. The van der Waals surface area contributed by atoms with E-state index in [9.17, 15) is 19.5 Å². The maximum Gasteiger partial charge on any atom is 0.408 e. The van der Waals surface area contributed by atoms with Crippen LogP contribution in [0.15, 0.2) is 24.3 Å². The largest absolute Gasteiger partial charge is 0.467 e. The van der Waals surface area contributed by atoms with Crippen molar-refractivity contribution in [3.63, 3.8) is 0 Å². The summed E-state index contributed by atoms with van der Waals surface area (Å²) >= 11 is 0. The lowest BCUT2D eigenvalue weighted by Gasteiger charge is -2.36. The van der Waals surface area contributed by atoms with Gasteiger partial charge in [-0.3, -0.25) is 4.79 Å². The van der Waals surface area contributed by atoms with Crippen LogP contribution >= 0.6 is 0 Å². The van der Waals surface area contributed by atoms with Gasteiger partial charge in [-0.15, -0.1) is 0 Å². The van der Waals surface area contributed by atoms with E-state index in [0.717, 1.165) is 0 Å². The molecule has 0 radical (unpaired) electrons. The molecule has 0 aliphatic rings. The van der Waals surface area contributed by atoms with E-state index in [-0.39, 0.29) is 17.2 Å². The van der Waals surface area contributed by atoms with Crippen molar-refractivity contribution in [1.29, 1.82) is 0 Å². The third kappa shape index (κ3) is 11.4. The summed E-state index contributed by atoms with van der Waals surface area (Å²) in [4.78, 5) is 37.7. The first-order chi connectivity index (χ1) is 18.2. The minimum Gasteiger partial charge on any atom is -0.467 e. The highest BCUT2D eigenvalue weighted by Crippen LogP contribution is 2.36. The Kier molecular flexibility index (Phi) is 12.0. The maximum atomic E-state index is 12.9. The molecule has 1 aromatic rings. The predicted molar refractivity (Wildman–Crippen MR) is 157 cm³/mol. The minimum atomic E-state index is -1.97. The van der Waals surface area contributed by atoms with E-state index < -0.39 is 49.6 Å². The standard InChI is InChI=1S/C30H44N2O7Si/c1-28(2,3)39-27(36)32-30(7,8)24(26(35)37-9)31-25(34)22-18-16-21(17-19-22)14-12-13-15-23(33)20-38-40(10,11)29(4,5)6/h16-19,23-24,33H,20H2,1-11H3,(H,31,34)(H,32,36)/t23?,24-/m1/s1. The number of hydrogen-bond donors (Lipinski definition) is 3. The molecular weight excluding hydrogens is 528 g/mol. The number of amides is 2. The molecule has 0 aromatic heterocycles. The Morgan fingerprint density at radius 3 is 2.05 bits per heavy atom. The lowest BCUT2D eigenvalue weighted by Crippen LogP contribution is -2.62. The van der Waals surface area contributed by atoms with Gasteiger partial charge in [0, 0.05) is 11.1 Å². The summed E-state index contributed by atoms with van der Waals surface area (Å²) in [6.07, 6.45) is -1.67. The molecule has 0 spiro atoms. The van der Waals surface area contributed by atoms with Crippen LogP contribution < -0.4 is 10.6 Å². The van der Waals surface area contributed by atoms with Crippen molar-refractivity contribution in [2.75, 3.05) is 13.7 Å². The highest BCUT2D eigenvalue weighted by molar-refractivity contribution is 6.74. The number of hydrogen-bond acceptors (Lipinski definition) is 7. The quantitative estimate of drug-likeness (QED) is 0.244. The SMILES string of the molecule is COC(=O)[C@@H](NC(=O)c1ccc(C#CC#CC(O)CO[Si](C)(C)C(C)(C)C)cc1)C(C)(C)NC(=O)OC(C)(C)C. The van der Waals surface area contributed by atoms with Crippen LogP contribution in [-0.4, -0.2) is 68.4 Å². The van der Waals surface area contributed by atoms with Gasteiger partial charge in [0.1, 0.15) is 17.7 Å². The maximum absolute atomic E-state index is 12.9. The van der Waals surface area contributed by atoms with Crippen molar-refractivity contribution < 1.29 is 33.4 Å². The summed E-state index contributed by atoms with van der Waals surface area (Å²) in [5, 5.41) is 15.4. The van der Waals surface area contributed by atoms with Gasteiger partial charge < -0.3 is 29.6 Å². The average molecular weight is 573 g/mol. The number of aliphatic hydroxyl groups is 1. The van der Waals surface area contributed by atoms with Crippen LogP contribution in [0.5, 0.6) is 0 Å². The molecule has 0 saturated heterocycles. The second-order valence-corrected chi connectivity index (χ2v) is 17.3. The Balaban J connectivity index is 2.88. The Bertz CT molecular complexity index is 1170. The highest BCUT2D eigenvalue weighted by Gasteiger charge is 2.40. The number of carbonyl (C=O) groups is 3. The lowest BCUT2D eigenvalue weighted by molar-refractivity contribution is -0.144. The summed E-state index contributed by atoms with van der Waals surface area (Å²) in [7, 11) is -0.778. The Labute approximate surface area is 239 Å². The third-order valence-electron chi connectivity index (χ3n) is 6.32. The van der Waals surface area contributed by atoms with Crippen molar-refractivity contribution in [2.24, 2.45) is 0 Å². The van der Waals surface area contributed by atoms with E-state index in [1.54, 1.807) is 58.9 Å². The second kappa shape index (κ2) is 13.8. The molecule has 220 valence electrons. The van der Waals surface area contributed by atoms with E-state index in [1.165, 1.54) is 7.11 Å². The molecule has 1 unspecified atom stereocenters. The zero-order valence-corrected chi connectivity index (χ0v) is 26.6. The molecule has 0 aliphatic carbocycles. The summed E-state index contributed by atoms with van der Waals surface area (Å²) in [6, 6.07) is 5.18. The molecule has 0 saturated carbocycles. The summed E-state index contributed by atoms with van der Waals surface area (Å²) < 4.78 is 16.1. The van der Waals surface area contributed by atoms with Gasteiger partial charge in [0.15, 0.2) is 8.32 Å². The van der Waals surface area contributed by atoms with Gasteiger partial charge in [0.2, 0.25) is 0 Å². The monoisotopic (exact) mass is 572 g/mol. The topological polar surface area (TPSA) is 123 Å². The molecule has 0 bridgehead atoms. The predicted octanol–water partition coefficient (Wildman–Crippen LogP) is 4.00. The number of methoxy groups -OCH3 is 1. The zero-order chi connectivity index (χ0) is 30.9. The Morgan fingerprint density at radius 2 is 1.55 bits per heavy atom. The summed E-state index contributed by atoms with van der Waals surface area (Å²) in [5.74, 6) is 9.58. The van der Waals surface area contributed by atoms with E-state index >= 15 is 0 Å². The summed E-state index contributed by atoms with van der Waals surface area (Å²) in [6.45, 7) is 19.0. The van der Waals surface area contributed by atoms with E-state index in [0.29, 0.717) is 5.56 Å². The number of benzene rings is 1. The fraction of sp³-hybridized carbons (Fsp3) is 0.567. The number of rotatable bonds is 8. The zero-order valence-electron chi connectivity index (χ0n) is 25.6. The summed E-state index contributed by atoms with van der Waals surface area (Å²) in [5.41, 5.74) is -1.08. The molecule has 0 heterocycles. The van der Waals surface area contributed by atoms with Crippen LogP contribution in [0.4, 0.5) is 4.79 Å². The third-order valence-corrected chi connectivity index (χ3v) is 10.8. The molecule has 10 heteroatoms. The van der Waals surface area contributed by atoms with E-state index in [1.807, 2.05) is 0 Å². The van der Waals surface area contributed by atoms with Crippen molar-refractivity contribution in [2.45, 2.75) is 96.8 Å². The molecular formula is C30H44N2O7Si. The van der Waals surface area contributed by atoms with Crippen molar-refractivity contribution >= 4 is 26.3 Å². The van der Waals surface area contributed by atoms with Gasteiger partial charge in [-0.05, 0) is 88.9 Å². The normalized spacial score (nSPS) is 13.4. The van der Waals surface area contributed by atoms with Gasteiger partial charge in [-0.25, -0.2) is 9.59 Å². The van der Waals surface area contributed by atoms with Gasteiger partial charge in [-0.1, -0.05) is 32.6 Å². The molecule has 0 fully saturated rings. The molecule has 3 N–H and O–H groups in total. The fourth-order valence-corrected chi connectivity index (χ4v) is 3.99. The van der Waals surface area contributed by atoms with Gasteiger partial charge in [-0.2, -0.15) is 0 Å². The minimum absolute atomic E-state index is 0.0381.